The minimum atomic E-state index is 0.672. The SMILES string of the molecule is CCCNC(CN(C)C1CCCC1)C(C)CC. The van der Waals surface area contributed by atoms with Gasteiger partial charge in [-0.1, -0.05) is 40.0 Å². The van der Waals surface area contributed by atoms with Gasteiger partial charge in [0.05, 0.1) is 0 Å². The minimum Gasteiger partial charge on any atom is -0.312 e. The van der Waals surface area contributed by atoms with Crippen molar-refractivity contribution in [3.8, 4) is 0 Å². The molecule has 0 radical (unpaired) electrons. The van der Waals surface area contributed by atoms with Crippen LogP contribution in [0.1, 0.15) is 59.3 Å². The van der Waals surface area contributed by atoms with Crippen LogP contribution in [-0.2, 0) is 0 Å². The molecule has 0 aromatic heterocycles. The Morgan fingerprint density at radius 2 is 1.88 bits per heavy atom. The normalized spacial score (nSPS) is 21.0. The van der Waals surface area contributed by atoms with Gasteiger partial charge in [-0.15, -0.1) is 0 Å². The van der Waals surface area contributed by atoms with Gasteiger partial charge in [-0.05, 0) is 38.8 Å². The summed E-state index contributed by atoms with van der Waals surface area (Å²) in [5.74, 6) is 0.783. The van der Waals surface area contributed by atoms with E-state index in [1.807, 2.05) is 0 Å². The van der Waals surface area contributed by atoms with Crippen LogP contribution in [0.4, 0.5) is 0 Å². The minimum absolute atomic E-state index is 0.672. The van der Waals surface area contributed by atoms with Gasteiger partial charge in [-0.3, -0.25) is 0 Å². The topological polar surface area (TPSA) is 15.3 Å². The molecule has 1 N–H and O–H groups in total. The summed E-state index contributed by atoms with van der Waals surface area (Å²) in [5, 5.41) is 3.73. The first-order valence-corrected chi connectivity index (χ1v) is 7.62. The average Bonchev–Trinajstić information content (AvgIpc) is 2.87. The Morgan fingerprint density at radius 1 is 1.24 bits per heavy atom. The van der Waals surface area contributed by atoms with Crippen molar-refractivity contribution in [3.05, 3.63) is 0 Å². The van der Waals surface area contributed by atoms with E-state index in [2.05, 4.69) is 38.0 Å². The molecule has 2 nitrogen and oxygen atoms in total. The van der Waals surface area contributed by atoms with Gasteiger partial charge in [0.25, 0.3) is 0 Å². The second kappa shape index (κ2) is 8.10. The first-order valence-electron chi connectivity index (χ1n) is 7.62. The Labute approximate surface area is 108 Å². The molecule has 0 spiro atoms. The van der Waals surface area contributed by atoms with Gasteiger partial charge in [0.15, 0.2) is 0 Å². The molecule has 17 heavy (non-hydrogen) atoms. The summed E-state index contributed by atoms with van der Waals surface area (Å²) in [7, 11) is 2.32. The molecule has 102 valence electrons. The molecule has 1 saturated carbocycles. The van der Waals surface area contributed by atoms with Crippen molar-refractivity contribution in [2.45, 2.75) is 71.4 Å². The van der Waals surface area contributed by atoms with E-state index in [0.717, 1.165) is 18.5 Å². The molecule has 2 unspecified atom stereocenters. The maximum Gasteiger partial charge on any atom is 0.0220 e. The standard InChI is InChI=1S/C15H32N2/c1-5-11-16-15(13(3)6-2)12-17(4)14-9-7-8-10-14/h13-16H,5-12H2,1-4H3. The molecule has 0 bridgehead atoms. The fourth-order valence-electron chi connectivity index (χ4n) is 2.86. The third-order valence-electron chi connectivity index (χ3n) is 4.42. The zero-order chi connectivity index (χ0) is 12.7. The zero-order valence-electron chi connectivity index (χ0n) is 12.3. The molecule has 1 fully saturated rings. The van der Waals surface area contributed by atoms with Crippen molar-refractivity contribution in [1.29, 1.82) is 0 Å². The van der Waals surface area contributed by atoms with E-state index >= 15 is 0 Å². The maximum absolute atomic E-state index is 3.73. The monoisotopic (exact) mass is 240 g/mol. The molecule has 0 aromatic carbocycles. The molecule has 1 aliphatic carbocycles. The molecule has 0 aliphatic heterocycles. The lowest BCUT2D eigenvalue weighted by Crippen LogP contribution is -2.46. The van der Waals surface area contributed by atoms with Crippen LogP contribution >= 0.6 is 0 Å². The number of hydrogen-bond donors (Lipinski definition) is 1. The van der Waals surface area contributed by atoms with Gasteiger partial charge in [0, 0.05) is 18.6 Å². The van der Waals surface area contributed by atoms with Gasteiger partial charge in [0.2, 0.25) is 0 Å². The number of nitrogens with one attached hydrogen (secondary N) is 1. The number of nitrogens with zero attached hydrogens (tertiary/aromatic N) is 1. The molecule has 1 aliphatic rings. The number of hydrogen-bond acceptors (Lipinski definition) is 2. The van der Waals surface area contributed by atoms with E-state index in [1.165, 1.54) is 45.1 Å². The second-order valence-electron chi connectivity index (χ2n) is 5.82. The summed E-state index contributed by atoms with van der Waals surface area (Å²) in [4.78, 5) is 2.60. The fourth-order valence-corrected chi connectivity index (χ4v) is 2.86. The first-order chi connectivity index (χ1) is 8.19. The molecule has 2 heteroatoms. The van der Waals surface area contributed by atoms with Crippen LogP contribution in [-0.4, -0.2) is 37.1 Å². The van der Waals surface area contributed by atoms with Crippen LogP contribution in [0.2, 0.25) is 0 Å². The summed E-state index contributed by atoms with van der Waals surface area (Å²) in [6, 6.07) is 1.52. The van der Waals surface area contributed by atoms with Crippen LogP contribution in [0.25, 0.3) is 0 Å². The fraction of sp³-hybridized carbons (Fsp3) is 1.00. The van der Waals surface area contributed by atoms with Gasteiger partial charge < -0.3 is 10.2 Å². The van der Waals surface area contributed by atoms with Crippen LogP contribution in [0.5, 0.6) is 0 Å². The third kappa shape index (κ3) is 4.97. The van der Waals surface area contributed by atoms with E-state index < -0.39 is 0 Å². The highest BCUT2D eigenvalue weighted by molar-refractivity contribution is 4.81. The third-order valence-corrected chi connectivity index (χ3v) is 4.42. The number of likely N-dealkylation sites (N-methyl/N-ethyl adjacent to an activating group) is 1. The van der Waals surface area contributed by atoms with Crippen molar-refractivity contribution in [3.63, 3.8) is 0 Å². The molecular weight excluding hydrogens is 208 g/mol. The molecular formula is C15H32N2. The van der Waals surface area contributed by atoms with Crippen molar-refractivity contribution >= 4 is 0 Å². The summed E-state index contributed by atoms with van der Waals surface area (Å²) in [6.07, 6.45) is 8.21. The Bertz CT molecular complexity index is 187. The highest BCUT2D eigenvalue weighted by atomic mass is 15.2. The predicted molar refractivity (Wildman–Crippen MR) is 76.4 cm³/mol. The summed E-state index contributed by atoms with van der Waals surface area (Å²) >= 11 is 0. The van der Waals surface area contributed by atoms with Crippen molar-refractivity contribution in [2.75, 3.05) is 20.1 Å². The largest absolute Gasteiger partial charge is 0.312 e. The van der Waals surface area contributed by atoms with E-state index in [9.17, 15) is 0 Å². The Morgan fingerprint density at radius 3 is 2.41 bits per heavy atom. The Balaban J connectivity index is 2.39. The van der Waals surface area contributed by atoms with Gasteiger partial charge >= 0.3 is 0 Å². The van der Waals surface area contributed by atoms with Crippen LogP contribution in [0.3, 0.4) is 0 Å². The first kappa shape index (κ1) is 15.0. The smallest absolute Gasteiger partial charge is 0.0220 e. The molecule has 0 saturated heterocycles. The lowest BCUT2D eigenvalue weighted by molar-refractivity contribution is 0.193. The molecule has 1 rings (SSSR count). The summed E-state index contributed by atoms with van der Waals surface area (Å²) < 4.78 is 0. The quantitative estimate of drug-likeness (QED) is 0.700. The molecule has 0 aromatic rings. The van der Waals surface area contributed by atoms with Crippen LogP contribution in [0, 0.1) is 5.92 Å². The summed E-state index contributed by atoms with van der Waals surface area (Å²) in [5.41, 5.74) is 0. The highest BCUT2D eigenvalue weighted by Crippen LogP contribution is 2.23. The van der Waals surface area contributed by atoms with Crippen molar-refractivity contribution in [1.82, 2.24) is 10.2 Å². The second-order valence-corrected chi connectivity index (χ2v) is 5.82. The lowest BCUT2D eigenvalue weighted by atomic mass is 9.98. The van der Waals surface area contributed by atoms with E-state index in [-0.39, 0.29) is 0 Å². The summed E-state index contributed by atoms with van der Waals surface area (Å²) in [6.45, 7) is 9.32. The van der Waals surface area contributed by atoms with Crippen molar-refractivity contribution < 1.29 is 0 Å². The Hall–Kier alpha value is -0.0800. The van der Waals surface area contributed by atoms with Gasteiger partial charge in [-0.2, -0.15) is 0 Å². The molecule has 0 amide bonds. The lowest BCUT2D eigenvalue weighted by Gasteiger charge is -2.32. The van der Waals surface area contributed by atoms with E-state index in [0.29, 0.717) is 6.04 Å². The molecule has 0 heterocycles. The maximum atomic E-state index is 3.73. The zero-order valence-corrected chi connectivity index (χ0v) is 12.3. The van der Waals surface area contributed by atoms with E-state index in [4.69, 9.17) is 0 Å². The number of rotatable bonds is 8. The average molecular weight is 240 g/mol. The van der Waals surface area contributed by atoms with Crippen molar-refractivity contribution in [2.24, 2.45) is 5.92 Å². The van der Waals surface area contributed by atoms with Crippen LogP contribution < -0.4 is 5.32 Å². The van der Waals surface area contributed by atoms with E-state index in [1.54, 1.807) is 0 Å². The van der Waals surface area contributed by atoms with Gasteiger partial charge in [-0.25, -0.2) is 0 Å². The van der Waals surface area contributed by atoms with Gasteiger partial charge in [0.1, 0.15) is 0 Å². The highest BCUT2D eigenvalue weighted by Gasteiger charge is 2.23. The Kier molecular flexibility index (Phi) is 7.14. The van der Waals surface area contributed by atoms with Crippen LogP contribution in [0.15, 0.2) is 0 Å². The predicted octanol–water partition coefficient (Wildman–Crippen LogP) is 3.28. The molecule has 2 atom stereocenters.